The van der Waals surface area contributed by atoms with Crippen molar-refractivity contribution in [2.45, 2.75) is 44.3 Å². The van der Waals surface area contributed by atoms with Gasteiger partial charge in [0.15, 0.2) is 0 Å². The number of epoxide rings is 1. The molecule has 0 spiro atoms. The summed E-state index contributed by atoms with van der Waals surface area (Å²) < 4.78 is 17.1. The third-order valence-electron chi connectivity index (χ3n) is 9.68. The first kappa shape index (κ1) is 34.9. The summed E-state index contributed by atoms with van der Waals surface area (Å²) >= 11 is 0. The van der Waals surface area contributed by atoms with Gasteiger partial charge in [-0.05, 0) is 96.6 Å². The van der Waals surface area contributed by atoms with Crippen LogP contribution in [0.2, 0.25) is 0 Å². The van der Waals surface area contributed by atoms with Gasteiger partial charge in [0.25, 0.3) is 0 Å². The van der Waals surface area contributed by atoms with Crippen LogP contribution in [-0.4, -0.2) is 44.2 Å². The van der Waals surface area contributed by atoms with Gasteiger partial charge >= 0.3 is 5.97 Å². The number of fused-ring (bicyclic) bond motifs is 1. The van der Waals surface area contributed by atoms with E-state index in [2.05, 4.69) is 109 Å². The summed E-state index contributed by atoms with van der Waals surface area (Å²) in [4.78, 5) is 13.7. The van der Waals surface area contributed by atoms with E-state index in [1.54, 1.807) is 0 Å². The number of ether oxygens (including phenoxy) is 3. The number of nitrogens with zero attached hydrogens (tertiary/aromatic N) is 3. The van der Waals surface area contributed by atoms with Crippen LogP contribution in [0.4, 0.5) is 28.4 Å². The van der Waals surface area contributed by atoms with Gasteiger partial charge in [-0.2, -0.15) is 5.10 Å². The number of carbonyl (C=O) groups excluding carboxylic acids is 1. The molecule has 52 heavy (non-hydrogen) atoms. The largest absolute Gasteiger partial charge is 0.462 e. The Morgan fingerprint density at radius 2 is 1.27 bits per heavy atom. The molecular weight excluding hydrogens is 647 g/mol. The second kappa shape index (κ2) is 17.1. The molecule has 1 heterocycles. The van der Waals surface area contributed by atoms with Crippen molar-refractivity contribution >= 4 is 40.6 Å². The maximum Gasteiger partial charge on any atom is 0.330 e. The first-order valence-electron chi connectivity index (χ1n) is 18.2. The zero-order valence-corrected chi connectivity index (χ0v) is 29.4. The second-order valence-electron chi connectivity index (χ2n) is 13.3. The number of anilines is 5. The van der Waals surface area contributed by atoms with Gasteiger partial charge in [0.1, 0.15) is 0 Å². The van der Waals surface area contributed by atoms with Crippen LogP contribution in [0.3, 0.4) is 0 Å². The van der Waals surface area contributed by atoms with Crippen molar-refractivity contribution in [1.29, 1.82) is 0 Å². The predicted molar refractivity (Wildman–Crippen MR) is 209 cm³/mol. The summed E-state index contributed by atoms with van der Waals surface area (Å²) in [6.45, 7) is 5.27. The van der Waals surface area contributed by atoms with Gasteiger partial charge in [0.05, 0.1) is 49.6 Å². The van der Waals surface area contributed by atoms with Gasteiger partial charge in [0, 0.05) is 35.5 Å². The third kappa shape index (κ3) is 9.04. The van der Waals surface area contributed by atoms with Crippen LogP contribution in [0.15, 0.2) is 151 Å². The topological polar surface area (TPSA) is 66.9 Å². The van der Waals surface area contributed by atoms with Gasteiger partial charge in [-0.3, -0.25) is 0 Å². The molecule has 7 nitrogen and oxygen atoms in total. The van der Waals surface area contributed by atoms with E-state index in [0.29, 0.717) is 37.8 Å². The normalized spacial score (nSPS) is 17.7. The van der Waals surface area contributed by atoms with Gasteiger partial charge in [0.2, 0.25) is 0 Å². The lowest BCUT2D eigenvalue weighted by atomic mass is 9.90. The summed E-state index contributed by atoms with van der Waals surface area (Å²) in [5.41, 5.74) is 8.38. The van der Waals surface area contributed by atoms with Crippen molar-refractivity contribution in [3.8, 4) is 0 Å². The highest BCUT2D eigenvalue weighted by Crippen LogP contribution is 2.41. The summed E-state index contributed by atoms with van der Waals surface area (Å²) in [7, 11) is 0. The highest BCUT2D eigenvalue weighted by Gasteiger charge is 2.46. The van der Waals surface area contributed by atoms with Crippen LogP contribution in [0.25, 0.3) is 0 Å². The number of hydrogen-bond donors (Lipinski definition) is 0. The fraction of sp³-hybridized carbons (Fsp3) is 0.244. The third-order valence-corrected chi connectivity index (χ3v) is 9.68. The molecule has 0 amide bonds. The second-order valence-corrected chi connectivity index (χ2v) is 13.3. The fourth-order valence-electron chi connectivity index (χ4n) is 6.81. The van der Waals surface area contributed by atoms with Crippen LogP contribution in [0.5, 0.6) is 0 Å². The molecule has 1 aliphatic carbocycles. The number of para-hydroxylation sites is 2. The molecule has 0 aromatic heterocycles. The minimum atomic E-state index is -0.408. The number of carbonyl (C=O) groups is 1. The highest BCUT2D eigenvalue weighted by atomic mass is 16.6. The Balaban J connectivity index is 1.07. The first-order chi connectivity index (χ1) is 25.6. The lowest BCUT2D eigenvalue weighted by Gasteiger charge is -2.26. The molecule has 0 bridgehead atoms. The zero-order chi connectivity index (χ0) is 35.5. The molecule has 3 unspecified atom stereocenters. The maximum absolute atomic E-state index is 11.5. The summed E-state index contributed by atoms with van der Waals surface area (Å²) in [5.74, 6) is 0.141. The van der Waals surface area contributed by atoms with E-state index in [-0.39, 0.29) is 0 Å². The standard InChI is InChI=1S/C45H45N3O4/c1-2-44(49)51-31-29-35-18-24-39(25-19-35)47(38-22-16-34(17-23-38)28-30-50-33-37-10-9-15-43-45(37)52-43)40-26-20-36(21-27-40)32-46-48(41-11-5-3-6-12-41)42-13-7-4-8-14-42/h2-8,11-14,16-27,32,37,43,45H,1,9-10,15,28-31,33H2. The molecule has 0 radical (unpaired) electrons. The molecule has 1 saturated carbocycles. The lowest BCUT2D eigenvalue weighted by Crippen LogP contribution is -2.22. The van der Waals surface area contributed by atoms with E-state index < -0.39 is 5.97 Å². The van der Waals surface area contributed by atoms with Crippen molar-refractivity contribution in [2.24, 2.45) is 11.0 Å². The van der Waals surface area contributed by atoms with Gasteiger partial charge in [-0.25, -0.2) is 9.80 Å². The van der Waals surface area contributed by atoms with Crippen molar-refractivity contribution in [1.82, 2.24) is 0 Å². The Morgan fingerprint density at radius 1 is 0.712 bits per heavy atom. The smallest absolute Gasteiger partial charge is 0.330 e. The molecule has 1 aliphatic heterocycles. The van der Waals surface area contributed by atoms with Crippen LogP contribution in [0, 0.1) is 5.92 Å². The van der Waals surface area contributed by atoms with Crippen LogP contribution < -0.4 is 9.91 Å². The molecule has 2 aliphatic rings. The maximum atomic E-state index is 11.5. The Kier molecular flexibility index (Phi) is 11.5. The molecule has 7 rings (SSSR count). The molecule has 5 aromatic carbocycles. The summed E-state index contributed by atoms with van der Waals surface area (Å²) in [6, 6.07) is 45.9. The molecular formula is C45H45N3O4. The van der Waals surface area contributed by atoms with E-state index in [4.69, 9.17) is 19.3 Å². The lowest BCUT2D eigenvalue weighted by molar-refractivity contribution is -0.137. The number of rotatable bonds is 16. The van der Waals surface area contributed by atoms with Crippen molar-refractivity contribution < 1.29 is 19.0 Å². The Bertz CT molecular complexity index is 1870. The molecule has 2 fully saturated rings. The van der Waals surface area contributed by atoms with Crippen LogP contribution in [0.1, 0.15) is 36.0 Å². The van der Waals surface area contributed by atoms with Gasteiger partial charge < -0.3 is 19.1 Å². The molecule has 3 atom stereocenters. The average Bonchev–Trinajstić information content (AvgIpc) is 4.00. The average molecular weight is 692 g/mol. The number of esters is 1. The van der Waals surface area contributed by atoms with E-state index in [1.807, 2.05) is 47.6 Å². The minimum absolute atomic E-state index is 0.309. The van der Waals surface area contributed by atoms with E-state index in [0.717, 1.165) is 52.6 Å². The fourth-order valence-corrected chi connectivity index (χ4v) is 6.81. The summed E-state index contributed by atoms with van der Waals surface area (Å²) in [6.07, 6.45) is 9.17. The quantitative estimate of drug-likeness (QED) is 0.0256. The molecule has 7 heteroatoms. The Morgan fingerprint density at radius 3 is 1.85 bits per heavy atom. The number of hydrogen-bond acceptors (Lipinski definition) is 7. The van der Waals surface area contributed by atoms with Crippen LogP contribution >= 0.6 is 0 Å². The molecule has 0 N–H and O–H groups in total. The highest BCUT2D eigenvalue weighted by molar-refractivity contribution is 5.84. The Hall–Kier alpha value is -5.50. The van der Waals surface area contributed by atoms with Gasteiger partial charge in [-0.15, -0.1) is 0 Å². The molecule has 1 saturated heterocycles. The number of benzene rings is 5. The van der Waals surface area contributed by atoms with E-state index >= 15 is 0 Å². The monoisotopic (exact) mass is 691 g/mol. The summed E-state index contributed by atoms with van der Waals surface area (Å²) in [5, 5.41) is 6.83. The van der Waals surface area contributed by atoms with Crippen molar-refractivity contribution in [2.75, 3.05) is 29.7 Å². The van der Waals surface area contributed by atoms with Crippen molar-refractivity contribution in [3.05, 3.63) is 163 Å². The first-order valence-corrected chi connectivity index (χ1v) is 18.2. The zero-order valence-electron chi connectivity index (χ0n) is 29.4. The van der Waals surface area contributed by atoms with E-state index in [9.17, 15) is 4.79 Å². The number of hydrazone groups is 1. The minimum Gasteiger partial charge on any atom is -0.462 e. The molecule has 5 aromatic rings. The van der Waals surface area contributed by atoms with Crippen molar-refractivity contribution in [3.63, 3.8) is 0 Å². The Labute approximate surface area is 306 Å². The van der Waals surface area contributed by atoms with Crippen LogP contribution in [-0.2, 0) is 31.8 Å². The SMILES string of the molecule is C=CC(=O)OCCc1ccc(N(c2ccc(C=NN(c3ccccc3)c3ccccc3)cc2)c2ccc(CCOCC3CCCC4OC34)cc2)cc1. The molecule has 264 valence electrons. The predicted octanol–water partition coefficient (Wildman–Crippen LogP) is 9.73. The van der Waals surface area contributed by atoms with E-state index in [1.165, 1.54) is 30.9 Å². The van der Waals surface area contributed by atoms with Gasteiger partial charge in [-0.1, -0.05) is 85.8 Å².